The van der Waals surface area contributed by atoms with E-state index in [1.54, 1.807) is 31.1 Å². The largest absolute Gasteiger partial charge is 0.377 e. The van der Waals surface area contributed by atoms with Crippen molar-refractivity contribution in [1.29, 1.82) is 5.26 Å². The molecule has 0 bridgehead atoms. The molecule has 0 fully saturated rings. The second-order valence-corrected chi connectivity index (χ2v) is 6.27. The van der Waals surface area contributed by atoms with E-state index in [-0.39, 0.29) is 11.3 Å². The standard InChI is InChI=1S/C20H20N4O3/c1-13-6-5-7-18(14(13)2)22-20(25)16(12-21)10-15-11-17(24(26)27)8-9-19(15)23(3)4/h5-11H,1-4H3,(H,22,25)/b16-10+. The summed E-state index contributed by atoms with van der Waals surface area (Å²) in [5.74, 6) is -0.567. The first-order valence-corrected chi connectivity index (χ1v) is 8.19. The molecule has 27 heavy (non-hydrogen) atoms. The fourth-order valence-corrected chi connectivity index (χ4v) is 2.56. The Morgan fingerprint density at radius 3 is 2.56 bits per heavy atom. The number of rotatable bonds is 5. The van der Waals surface area contributed by atoms with Gasteiger partial charge in [0.1, 0.15) is 11.6 Å². The molecule has 1 amide bonds. The van der Waals surface area contributed by atoms with Crippen molar-refractivity contribution in [2.24, 2.45) is 0 Å². The number of nitro benzene ring substituents is 1. The molecule has 2 aromatic carbocycles. The van der Waals surface area contributed by atoms with Crippen LogP contribution in [0.2, 0.25) is 0 Å². The zero-order chi connectivity index (χ0) is 20.1. The SMILES string of the molecule is Cc1cccc(NC(=O)/C(C#N)=C/c2cc([N+](=O)[O-])ccc2N(C)C)c1C. The summed E-state index contributed by atoms with van der Waals surface area (Å²) in [5.41, 5.74) is 3.37. The van der Waals surface area contributed by atoms with Crippen molar-refractivity contribution in [3.8, 4) is 6.07 Å². The third kappa shape index (κ3) is 4.50. The van der Waals surface area contributed by atoms with Crippen LogP contribution in [0, 0.1) is 35.3 Å². The van der Waals surface area contributed by atoms with Gasteiger partial charge in [0.2, 0.25) is 0 Å². The number of nitro groups is 1. The lowest BCUT2D eigenvalue weighted by molar-refractivity contribution is -0.384. The summed E-state index contributed by atoms with van der Waals surface area (Å²) in [4.78, 5) is 24.9. The summed E-state index contributed by atoms with van der Waals surface area (Å²) in [6.45, 7) is 3.81. The molecule has 0 saturated carbocycles. The summed E-state index contributed by atoms with van der Waals surface area (Å²) in [6.07, 6.45) is 1.36. The Labute approximate surface area is 157 Å². The summed E-state index contributed by atoms with van der Waals surface area (Å²) in [5, 5.41) is 23.2. The molecular formula is C20H20N4O3. The average molecular weight is 364 g/mol. The summed E-state index contributed by atoms with van der Waals surface area (Å²) < 4.78 is 0. The highest BCUT2D eigenvalue weighted by Gasteiger charge is 2.15. The number of benzene rings is 2. The van der Waals surface area contributed by atoms with Crippen molar-refractivity contribution < 1.29 is 9.72 Å². The van der Waals surface area contributed by atoms with Crippen LogP contribution >= 0.6 is 0 Å². The van der Waals surface area contributed by atoms with Gasteiger partial charge in [-0.05, 0) is 43.2 Å². The Morgan fingerprint density at radius 2 is 1.96 bits per heavy atom. The highest BCUT2D eigenvalue weighted by molar-refractivity contribution is 6.10. The van der Waals surface area contributed by atoms with Crippen LogP contribution in [-0.2, 0) is 4.79 Å². The number of hydrogen-bond acceptors (Lipinski definition) is 5. The van der Waals surface area contributed by atoms with Crippen LogP contribution in [0.3, 0.4) is 0 Å². The molecule has 0 aliphatic carbocycles. The molecule has 0 heterocycles. The van der Waals surface area contributed by atoms with Crippen molar-refractivity contribution in [3.63, 3.8) is 0 Å². The van der Waals surface area contributed by atoms with E-state index < -0.39 is 10.8 Å². The number of carbonyl (C=O) groups is 1. The first kappa shape index (κ1) is 19.7. The van der Waals surface area contributed by atoms with Gasteiger partial charge in [-0.1, -0.05) is 12.1 Å². The maximum atomic E-state index is 12.6. The van der Waals surface area contributed by atoms with Gasteiger partial charge in [0.15, 0.2) is 0 Å². The third-order valence-electron chi connectivity index (χ3n) is 4.22. The molecule has 2 aromatic rings. The molecule has 0 atom stereocenters. The molecule has 138 valence electrons. The van der Waals surface area contributed by atoms with Gasteiger partial charge in [-0.2, -0.15) is 5.26 Å². The molecule has 0 saturated heterocycles. The van der Waals surface area contributed by atoms with Crippen molar-refractivity contribution in [3.05, 3.63) is 68.8 Å². The van der Waals surface area contributed by atoms with E-state index in [9.17, 15) is 20.2 Å². The number of aryl methyl sites for hydroxylation is 1. The Bertz CT molecular complexity index is 972. The number of nitrogens with zero attached hydrogens (tertiary/aromatic N) is 3. The lowest BCUT2D eigenvalue weighted by Crippen LogP contribution is -2.15. The van der Waals surface area contributed by atoms with Crippen LogP contribution in [0.5, 0.6) is 0 Å². The Hall–Kier alpha value is -3.66. The van der Waals surface area contributed by atoms with Gasteiger partial charge >= 0.3 is 0 Å². The molecule has 0 aliphatic rings. The van der Waals surface area contributed by atoms with Crippen molar-refractivity contribution in [1.82, 2.24) is 0 Å². The predicted octanol–water partition coefficient (Wildman–Crippen LogP) is 3.82. The molecule has 7 heteroatoms. The first-order valence-electron chi connectivity index (χ1n) is 8.19. The van der Waals surface area contributed by atoms with Crippen LogP contribution in [-0.4, -0.2) is 24.9 Å². The molecule has 2 rings (SSSR count). The minimum atomic E-state index is -0.567. The Morgan fingerprint density at radius 1 is 1.26 bits per heavy atom. The highest BCUT2D eigenvalue weighted by Crippen LogP contribution is 2.27. The van der Waals surface area contributed by atoms with Gasteiger partial charge < -0.3 is 10.2 Å². The molecule has 0 radical (unpaired) electrons. The summed E-state index contributed by atoms with van der Waals surface area (Å²) >= 11 is 0. The number of nitrogens with one attached hydrogen (secondary N) is 1. The van der Waals surface area contributed by atoms with Crippen LogP contribution in [0.1, 0.15) is 16.7 Å². The summed E-state index contributed by atoms with van der Waals surface area (Å²) in [7, 11) is 3.56. The van der Waals surface area contributed by atoms with Gasteiger partial charge in [0.25, 0.3) is 11.6 Å². The quantitative estimate of drug-likeness (QED) is 0.376. The predicted molar refractivity (Wildman–Crippen MR) is 106 cm³/mol. The van der Waals surface area contributed by atoms with Gasteiger partial charge in [0, 0.05) is 43.2 Å². The molecule has 7 nitrogen and oxygen atoms in total. The van der Waals surface area contributed by atoms with Gasteiger partial charge in [-0.15, -0.1) is 0 Å². The minimum Gasteiger partial charge on any atom is -0.377 e. The van der Waals surface area contributed by atoms with Crippen LogP contribution < -0.4 is 10.2 Å². The van der Waals surface area contributed by atoms with Crippen molar-refractivity contribution in [2.75, 3.05) is 24.3 Å². The monoisotopic (exact) mass is 364 g/mol. The molecule has 1 N–H and O–H groups in total. The van der Waals surface area contributed by atoms with Crippen LogP contribution in [0.4, 0.5) is 17.1 Å². The number of carbonyl (C=O) groups excluding carboxylic acids is 1. The van der Waals surface area contributed by atoms with E-state index in [0.717, 1.165) is 11.1 Å². The van der Waals surface area contributed by atoms with E-state index in [4.69, 9.17) is 0 Å². The van der Waals surface area contributed by atoms with E-state index in [2.05, 4.69) is 5.32 Å². The third-order valence-corrected chi connectivity index (χ3v) is 4.22. The minimum absolute atomic E-state index is 0.112. The number of nitriles is 1. The molecule has 0 aromatic heterocycles. The maximum absolute atomic E-state index is 12.6. The average Bonchev–Trinajstić information content (AvgIpc) is 2.62. The van der Waals surface area contributed by atoms with Crippen molar-refractivity contribution in [2.45, 2.75) is 13.8 Å². The number of anilines is 2. The number of non-ortho nitro benzene ring substituents is 1. The molecule has 0 spiro atoms. The van der Waals surface area contributed by atoms with E-state index in [1.807, 2.05) is 32.0 Å². The van der Waals surface area contributed by atoms with E-state index >= 15 is 0 Å². The van der Waals surface area contributed by atoms with Gasteiger partial charge in [-0.3, -0.25) is 14.9 Å². The summed E-state index contributed by atoms with van der Waals surface area (Å²) in [6, 6.07) is 11.7. The number of amides is 1. The van der Waals surface area contributed by atoms with Gasteiger partial charge in [0.05, 0.1) is 4.92 Å². The lowest BCUT2D eigenvalue weighted by Gasteiger charge is -2.16. The zero-order valence-electron chi connectivity index (χ0n) is 15.6. The normalized spacial score (nSPS) is 10.9. The van der Waals surface area contributed by atoms with Crippen LogP contribution in [0.15, 0.2) is 42.0 Å². The van der Waals surface area contributed by atoms with Gasteiger partial charge in [-0.25, -0.2) is 0 Å². The molecular weight excluding hydrogens is 344 g/mol. The molecule has 0 unspecified atom stereocenters. The second-order valence-electron chi connectivity index (χ2n) is 6.27. The lowest BCUT2D eigenvalue weighted by atomic mass is 10.1. The second kappa shape index (κ2) is 8.15. The Balaban J connectivity index is 2.44. The zero-order valence-corrected chi connectivity index (χ0v) is 15.6. The van der Waals surface area contributed by atoms with E-state index in [1.165, 1.54) is 18.2 Å². The fraction of sp³-hybridized carbons (Fsp3) is 0.200. The van der Waals surface area contributed by atoms with E-state index in [0.29, 0.717) is 16.9 Å². The number of hydrogen-bond donors (Lipinski definition) is 1. The maximum Gasteiger partial charge on any atom is 0.270 e. The smallest absolute Gasteiger partial charge is 0.270 e. The highest BCUT2D eigenvalue weighted by atomic mass is 16.6. The Kier molecular flexibility index (Phi) is 5.93. The first-order chi connectivity index (χ1) is 12.7. The fourth-order valence-electron chi connectivity index (χ4n) is 2.56. The van der Waals surface area contributed by atoms with Crippen LogP contribution in [0.25, 0.3) is 6.08 Å². The van der Waals surface area contributed by atoms with Crippen molar-refractivity contribution >= 4 is 29.0 Å². The molecule has 0 aliphatic heterocycles. The topological polar surface area (TPSA) is 99.3 Å².